The molecular formula is C16H26N2O. The standard InChI is InChI=1S/C16H26N2O/c1-5-19-14-9-16(10-14,11-17)18(4)15-7-6-12(2)8-13(15)3/h6-8,14H,5,9-11,17H2,1-4H3. The van der Waals surface area contributed by atoms with Crippen LogP contribution in [0.3, 0.4) is 0 Å². The first-order valence-corrected chi connectivity index (χ1v) is 7.15. The summed E-state index contributed by atoms with van der Waals surface area (Å²) < 4.78 is 5.69. The van der Waals surface area contributed by atoms with Crippen molar-refractivity contribution in [2.75, 3.05) is 25.1 Å². The summed E-state index contributed by atoms with van der Waals surface area (Å²) >= 11 is 0. The van der Waals surface area contributed by atoms with Crippen LogP contribution in [-0.4, -0.2) is 31.8 Å². The number of hydrogen-bond donors (Lipinski definition) is 1. The molecule has 0 spiro atoms. The highest BCUT2D eigenvalue weighted by Gasteiger charge is 2.47. The molecule has 0 aromatic heterocycles. The van der Waals surface area contributed by atoms with E-state index in [0.717, 1.165) is 19.4 Å². The molecule has 0 radical (unpaired) electrons. The lowest BCUT2D eigenvalue weighted by molar-refractivity contribution is -0.0355. The van der Waals surface area contributed by atoms with Gasteiger partial charge in [0.25, 0.3) is 0 Å². The maximum absolute atomic E-state index is 6.05. The second-order valence-corrected chi connectivity index (χ2v) is 5.76. The molecule has 1 fully saturated rings. The molecule has 0 amide bonds. The lowest BCUT2D eigenvalue weighted by atomic mass is 9.72. The van der Waals surface area contributed by atoms with Crippen LogP contribution >= 0.6 is 0 Å². The minimum absolute atomic E-state index is 0.0693. The van der Waals surface area contributed by atoms with Crippen LogP contribution in [0.5, 0.6) is 0 Å². The lowest BCUT2D eigenvalue weighted by Gasteiger charge is -2.53. The van der Waals surface area contributed by atoms with Gasteiger partial charge in [0.2, 0.25) is 0 Å². The summed E-state index contributed by atoms with van der Waals surface area (Å²) in [5.74, 6) is 0. The quantitative estimate of drug-likeness (QED) is 0.886. The second kappa shape index (κ2) is 5.51. The maximum atomic E-state index is 6.05. The Kier molecular flexibility index (Phi) is 4.16. The number of aryl methyl sites for hydroxylation is 2. The summed E-state index contributed by atoms with van der Waals surface area (Å²) in [5, 5.41) is 0. The van der Waals surface area contributed by atoms with E-state index in [2.05, 4.69) is 50.9 Å². The zero-order chi connectivity index (χ0) is 14.0. The van der Waals surface area contributed by atoms with Crippen molar-refractivity contribution in [3.63, 3.8) is 0 Å². The van der Waals surface area contributed by atoms with Crippen LogP contribution < -0.4 is 10.6 Å². The number of anilines is 1. The lowest BCUT2D eigenvalue weighted by Crippen LogP contribution is -2.63. The minimum Gasteiger partial charge on any atom is -0.378 e. The van der Waals surface area contributed by atoms with Crippen LogP contribution in [0.4, 0.5) is 5.69 Å². The number of nitrogens with two attached hydrogens (primary N) is 1. The third-order valence-electron chi connectivity index (χ3n) is 4.42. The number of rotatable bonds is 5. The highest BCUT2D eigenvalue weighted by Crippen LogP contribution is 2.41. The van der Waals surface area contributed by atoms with Crippen molar-refractivity contribution >= 4 is 5.69 Å². The summed E-state index contributed by atoms with van der Waals surface area (Å²) in [4.78, 5) is 2.36. The molecule has 2 N–H and O–H groups in total. The number of ether oxygens (including phenoxy) is 1. The summed E-state index contributed by atoms with van der Waals surface area (Å²) in [6.45, 7) is 7.82. The number of benzene rings is 1. The van der Waals surface area contributed by atoms with Crippen molar-refractivity contribution in [2.24, 2.45) is 5.73 Å². The summed E-state index contributed by atoms with van der Waals surface area (Å²) in [7, 11) is 2.16. The van der Waals surface area contributed by atoms with Gasteiger partial charge in [-0.15, -0.1) is 0 Å². The molecule has 1 aliphatic rings. The van der Waals surface area contributed by atoms with Gasteiger partial charge in [-0.3, -0.25) is 0 Å². The van der Waals surface area contributed by atoms with E-state index >= 15 is 0 Å². The second-order valence-electron chi connectivity index (χ2n) is 5.76. The maximum Gasteiger partial charge on any atom is 0.0620 e. The third kappa shape index (κ3) is 2.63. The van der Waals surface area contributed by atoms with Gasteiger partial charge in [0, 0.05) is 25.9 Å². The predicted octanol–water partition coefficient (Wildman–Crippen LogP) is 2.64. The van der Waals surface area contributed by atoms with Crippen molar-refractivity contribution in [2.45, 2.75) is 45.3 Å². The molecule has 1 aromatic rings. The van der Waals surface area contributed by atoms with Crippen LogP contribution in [-0.2, 0) is 4.74 Å². The van der Waals surface area contributed by atoms with Gasteiger partial charge in [-0.2, -0.15) is 0 Å². The fourth-order valence-electron chi connectivity index (χ4n) is 3.16. The van der Waals surface area contributed by atoms with Crippen LogP contribution in [0.2, 0.25) is 0 Å². The van der Waals surface area contributed by atoms with Crippen molar-refractivity contribution in [3.05, 3.63) is 29.3 Å². The van der Waals surface area contributed by atoms with Crippen LogP contribution in [0.15, 0.2) is 18.2 Å². The van der Waals surface area contributed by atoms with E-state index < -0.39 is 0 Å². The van der Waals surface area contributed by atoms with Gasteiger partial charge in [0.15, 0.2) is 0 Å². The smallest absolute Gasteiger partial charge is 0.0620 e. The summed E-state index contributed by atoms with van der Waals surface area (Å²) in [6.07, 6.45) is 2.43. The predicted molar refractivity (Wildman–Crippen MR) is 80.8 cm³/mol. The Hall–Kier alpha value is -1.06. The first kappa shape index (κ1) is 14.4. The third-order valence-corrected chi connectivity index (χ3v) is 4.42. The molecule has 0 saturated heterocycles. The fraction of sp³-hybridized carbons (Fsp3) is 0.625. The first-order chi connectivity index (χ1) is 9.02. The molecule has 0 atom stereocenters. The Morgan fingerprint density at radius 2 is 2.05 bits per heavy atom. The minimum atomic E-state index is 0.0693. The average molecular weight is 262 g/mol. The van der Waals surface area contributed by atoms with Gasteiger partial charge in [0.1, 0.15) is 0 Å². The molecule has 3 nitrogen and oxygen atoms in total. The van der Waals surface area contributed by atoms with Crippen molar-refractivity contribution in [1.82, 2.24) is 0 Å². The molecule has 0 bridgehead atoms. The zero-order valence-corrected chi connectivity index (χ0v) is 12.6. The normalized spacial score (nSPS) is 26.1. The van der Waals surface area contributed by atoms with Crippen molar-refractivity contribution < 1.29 is 4.74 Å². The number of nitrogens with zero attached hydrogens (tertiary/aromatic N) is 1. The number of likely N-dealkylation sites (N-methyl/N-ethyl adjacent to an activating group) is 1. The first-order valence-electron chi connectivity index (χ1n) is 7.15. The van der Waals surface area contributed by atoms with Gasteiger partial charge in [-0.25, -0.2) is 0 Å². The molecule has 106 valence electrons. The van der Waals surface area contributed by atoms with E-state index in [1.165, 1.54) is 16.8 Å². The van der Waals surface area contributed by atoms with Crippen LogP contribution in [0.1, 0.15) is 30.9 Å². The zero-order valence-electron chi connectivity index (χ0n) is 12.6. The molecule has 1 aromatic carbocycles. The van der Waals surface area contributed by atoms with E-state index in [1.54, 1.807) is 0 Å². The summed E-state index contributed by atoms with van der Waals surface area (Å²) in [5.41, 5.74) is 10.0. The average Bonchev–Trinajstić information content (AvgIpc) is 2.32. The van der Waals surface area contributed by atoms with Crippen molar-refractivity contribution in [1.29, 1.82) is 0 Å². The molecular weight excluding hydrogens is 236 g/mol. The molecule has 19 heavy (non-hydrogen) atoms. The Morgan fingerprint density at radius 1 is 1.37 bits per heavy atom. The Balaban J connectivity index is 2.16. The number of hydrogen-bond acceptors (Lipinski definition) is 3. The molecule has 1 saturated carbocycles. The molecule has 2 rings (SSSR count). The topological polar surface area (TPSA) is 38.5 Å². The van der Waals surface area contributed by atoms with Gasteiger partial charge >= 0.3 is 0 Å². The molecule has 3 heteroatoms. The van der Waals surface area contributed by atoms with Gasteiger partial charge in [0.05, 0.1) is 11.6 Å². The monoisotopic (exact) mass is 262 g/mol. The largest absolute Gasteiger partial charge is 0.378 e. The SMILES string of the molecule is CCOC1CC(CN)(N(C)c2ccc(C)cc2C)C1. The Bertz CT molecular complexity index is 438. The molecule has 0 unspecified atom stereocenters. The highest BCUT2D eigenvalue weighted by atomic mass is 16.5. The van der Waals surface area contributed by atoms with Crippen molar-refractivity contribution in [3.8, 4) is 0 Å². The van der Waals surface area contributed by atoms with E-state index in [9.17, 15) is 0 Å². The van der Waals surface area contributed by atoms with Crippen LogP contribution in [0.25, 0.3) is 0 Å². The van der Waals surface area contributed by atoms with Gasteiger partial charge in [-0.05, 0) is 45.2 Å². The summed E-state index contributed by atoms with van der Waals surface area (Å²) in [6, 6.07) is 6.60. The van der Waals surface area contributed by atoms with E-state index in [-0.39, 0.29) is 5.54 Å². The molecule has 0 heterocycles. The Morgan fingerprint density at radius 3 is 2.58 bits per heavy atom. The van der Waals surface area contributed by atoms with Gasteiger partial charge in [-0.1, -0.05) is 17.7 Å². The van der Waals surface area contributed by atoms with Crippen LogP contribution in [0, 0.1) is 13.8 Å². The molecule has 0 aliphatic heterocycles. The van der Waals surface area contributed by atoms with E-state index in [4.69, 9.17) is 10.5 Å². The Labute approximate surface area is 116 Å². The van der Waals surface area contributed by atoms with Gasteiger partial charge < -0.3 is 15.4 Å². The molecule has 1 aliphatic carbocycles. The van der Waals surface area contributed by atoms with E-state index in [1.807, 2.05) is 0 Å². The fourth-order valence-corrected chi connectivity index (χ4v) is 3.16. The highest BCUT2D eigenvalue weighted by molar-refractivity contribution is 5.56. The van der Waals surface area contributed by atoms with E-state index in [0.29, 0.717) is 12.6 Å².